The molecule has 0 aliphatic heterocycles. The second-order valence-corrected chi connectivity index (χ2v) is 4.09. The first-order valence-corrected chi connectivity index (χ1v) is 5.56. The Balaban J connectivity index is 2.78. The number of aromatic nitrogens is 1. The highest BCUT2D eigenvalue weighted by atomic mass is 15.2. The van der Waals surface area contributed by atoms with Crippen molar-refractivity contribution >= 4 is 11.7 Å². The average molecular weight is 220 g/mol. The standard InChI is InChI=1S/C12H20N4/c1-4-16(8-10(3)12(13)14)11-7-9(2)5-6-15-11/h5-7,10H,4,8H2,1-3H3,(H3,13,14). The number of nitrogens with two attached hydrogens (primary N) is 1. The first-order valence-electron chi connectivity index (χ1n) is 5.56. The lowest BCUT2D eigenvalue weighted by Crippen LogP contribution is -2.34. The number of nitrogens with zero attached hydrogens (tertiary/aromatic N) is 2. The Morgan fingerprint density at radius 3 is 2.81 bits per heavy atom. The minimum atomic E-state index is 0.0577. The third-order valence-electron chi connectivity index (χ3n) is 2.63. The van der Waals surface area contributed by atoms with E-state index in [0.717, 1.165) is 18.9 Å². The number of rotatable bonds is 5. The number of pyridine rings is 1. The number of nitrogens with one attached hydrogen (secondary N) is 1. The van der Waals surface area contributed by atoms with Gasteiger partial charge in [0.25, 0.3) is 0 Å². The molecule has 0 fully saturated rings. The molecule has 88 valence electrons. The molecule has 1 atom stereocenters. The van der Waals surface area contributed by atoms with Gasteiger partial charge in [0.15, 0.2) is 0 Å². The van der Waals surface area contributed by atoms with Gasteiger partial charge >= 0.3 is 0 Å². The zero-order chi connectivity index (χ0) is 12.1. The normalized spacial score (nSPS) is 12.2. The molecule has 0 spiro atoms. The molecule has 1 aromatic heterocycles. The van der Waals surface area contributed by atoms with Gasteiger partial charge in [0.2, 0.25) is 0 Å². The first-order chi connectivity index (χ1) is 7.54. The average Bonchev–Trinajstić information content (AvgIpc) is 2.25. The molecule has 0 bridgehead atoms. The van der Waals surface area contributed by atoms with E-state index < -0.39 is 0 Å². The van der Waals surface area contributed by atoms with Gasteiger partial charge in [0, 0.05) is 25.2 Å². The molecular formula is C12H20N4. The SMILES string of the molecule is CCN(CC(C)C(=N)N)c1cc(C)ccn1. The van der Waals surface area contributed by atoms with Crippen molar-refractivity contribution < 1.29 is 0 Å². The summed E-state index contributed by atoms with van der Waals surface area (Å²) in [6, 6.07) is 4.03. The maximum Gasteiger partial charge on any atom is 0.128 e. The summed E-state index contributed by atoms with van der Waals surface area (Å²) in [5.74, 6) is 1.24. The van der Waals surface area contributed by atoms with Gasteiger partial charge in [-0.2, -0.15) is 0 Å². The predicted octanol–water partition coefficient (Wildman–Crippen LogP) is 1.79. The van der Waals surface area contributed by atoms with E-state index in [-0.39, 0.29) is 11.8 Å². The lowest BCUT2D eigenvalue weighted by Gasteiger charge is -2.25. The summed E-state index contributed by atoms with van der Waals surface area (Å²) in [4.78, 5) is 6.48. The Labute approximate surface area is 97.0 Å². The topological polar surface area (TPSA) is 66.0 Å². The minimum absolute atomic E-state index is 0.0577. The molecule has 1 heterocycles. The number of amidine groups is 1. The summed E-state index contributed by atoms with van der Waals surface area (Å²) in [6.07, 6.45) is 1.81. The van der Waals surface area contributed by atoms with Crippen LogP contribution in [-0.4, -0.2) is 23.9 Å². The molecule has 16 heavy (non-hydrogen) atoms. The fraction of sp³-hybridized carbons (Fsp3) is 0.500. The van der Waals surface area contributed by atoms with Crippen LogP contribution in [0.4, 0.5) is 5.82 Å². The van der Waals surface area contributed by atoms with Gasteiger partial charge in [-0.15, -0.1) is 0 Å². The molecule has 4 heteroatoms. The second kappa shape index (κ2) is 5.49. The summed E-state index contributed by atoms with van der Waals surface area (Å²) in [6.45, 7) is 7.70. The van der Waals surface area contributed by atoms with E-state index in [1.165, 1.54) is 5.56 Å². The lowest BCUT2D eigenvalue weighted by molar-refractivity contribution is 0.690. The molecule has 1 rings (SSSR count). The van der Waals surface area contributed by atoms with E-state index in [2.05, 4.69) is 22.9 Å². The van der Waals surface area contributed by atoms with E-state index in [0.29, 0.717) is 0 Å². The van der Waals surface area contributed by atoms with Gasteiger partial charge in [-0.05, 0) is 31.5 Å². The first kappa shape index (κ1) is 12.5. The van der Waals surface area contributed by atoms with Crippen molar-refractivity contribution in [1.29, 1.82) is 5.41 Å². The van der Waals surface area contributed by atoms with E-state index in [4.69, 9.17) is 11.1 Å². The third kappa shape index (κ3) is 3.22. The monoisotopic (exact) mass is 220 g/mol. The van der Waals surface area contributed by atoms with Gasteiger partial charge < -0.3 is 10.6 Å². The van der Waals surface area contributed by atoms with Crippen LogP contribution in [0.3, 0.4) is 0 Å². The van der Waals surface area contributed by atoms with Gasteiger partial charge in [-0.1, -0.05) is 6.92 Å². The molecule has 0 aromatic carbocycles. The molecule has 1 aromatic rings. The minimum Gasteiger partial charge on any atom is -0.387 e. The highest BCUT2D eigenvalue weighted by Gasteiger charge is 2.12. The number of hydrogen-bond acceptors (Lipinski definition) is 3. The molecule has 0 aliphatic carbocycles. The summed E-state index contributed by atoms with van der Waals surface area (Å²) in [7, 11) is 0. The molecular weight excluding hydrogens is 200 g/mol. The van der Waals surface area contributed by atoms with Crippen molar-refractivity contribution in [2.75, 3.05) is 18.0 Å². The molecule has 4 nitrogen and oxygen atoms in total. The summed E-state index contributed by atoms with van der Waals surface area (Å²) < 4.78 is 0. The smallest absolute Gasteiger partial charge is 0.128 e. The zero-order valence-electron chi connectivity index (χ0n) is 10.2. The van der Waals surface area contributed by atoms with Crippen LogP contribution in [-0.2, 0) is 0 Å². The molecule has 0 radical (unpaired) electrons. The van der Waals surface area contributed by atoms with Crippen LogP contribution in [0.2, 0.25) is 0 Å². The predicted molar refractivity (Wildman–Crippen MR) is 67.9 cm³/mol. The zero-order valence-corrected chi connectivity index (χ0v) is 10.2. The Morgan fingerprint density at radius 2 is 2.31 bits per heavy atom. The number of anilines is 1. The van der Waals surface area contributed by atoms with Crippen LogP contribution in [0.5, 0.6) is 0 Å². The number of hydrogen-bond donors (Lipinski definition) is 2. The van der Waals surface area contributed by atoms with Crippen molar-refractivity contribution in [2.24, 2.45) is 11.7 Å². The summed E-state index contributed by atoms with van der Waals surface area (Å²) in [5, 5.41) is 7.40. The van der Waals surface area contributed by atoms with Crippen molar-refractivity contribution in [3.05, 3.63) is 23.9 Å². The van der Waals surface area contributed by atoms with Crippen molar-refractivity contribution in [3.8, 4) is 0 Å². The summed E-state index contributed by atoms with van der Waals surface area (Å²) >= 11 is 0. The van der Waals surface area contributed by atoms with Gasteiger partial charge in [0.1, 0.15) is 5.82 Å². The van der Waals surface area contributed by atoms with Crippen LogP contribution in [0, 0.1) is 18.3 Å². The highest BCUT2D eigenvalue weighted by Crippen LogP contribution is 2.13. The molecule has 0 saturated heterocycles. The van der Waals surface area contributed by atoms with E-state index in [1.807, 2.05) is 26.1 Å². The van der Waals surface area contributed by atoms with Gasteiger partial charge in [0.05, 0.1) is 5.84 Å². The third-order valence-corrected chi connectivity index (χ3v) is 2.63. The Hall–Kier alpha value is -1.58. The Bertz CT molecular complexity index is 362. The van der Waals surface area contributed by atoms with Crippen LogP contribution in [0.1, 0.15) is 19.4 Å². The van der Waals surface area contributed by atoms with E-state index in [9.17, 15) is 0 Å². The quantitative estimate of drug-likeness (QED) is 0.587. The summed E-state index contributed by atoms with van der Waals surface area (Å²) in [5.41, 5.74) is 6.68. The molecule has 0 amide bonds. The maximum atomic E-state index is 7.40. The van der Waals surface area contributed by atoms with Crippen LogP contribution in [0.15, 0.2) is 18.3 Å². The fourth-order valence-corrected chi connectivity index (χ4v) is 1.51. The van der Waals surface area contributed by atoms with Gasteiger partial charge in [-0.25, -0.2) is 4.98 Å². The highest BCUT2D eigenvalue weighted by molar-refractivity contribution is 5.79. The van der Waals surface area contributed by atoms with Crippen LogP contribution < -0.4 is 10.6 Å². The van der Waals surface area contributed by atoms with E-state index in [1.54, 1.807) is 0 Å². The van der Waals surface area contributed by atoms with Crippen molar-refractivity contribution in [2.45, 2.75) is 20.8 Å². The second-order valence-electron chi connectivity index (χ2n) is 4.09. The Morgan fingerprint density at radius 1 is 1.62 bits per heavy atom. The molecule has 1 unspecified atom stereocenters. The van der Waals surface area contributed by atoms with Crippen LogP contribution >= 0.6 is 0 Å². The van der Waals surface area contributed by atoms with Crippen molar-refractivity contribution in [3.63, 3.8) is 0 Å². The van der Waals surface area contributed by atoms with Gasteiger partial charge in [-0.3, -0.25) is 5.41 Å². The molecule has 0 aliphatic rings. The van der Waals surface area contributed by atoms with Crippen LogP contribution in [0.25, 0.3) is 0 Å². The molecule has 3 N–H and O–H groups in total. The fourth-order valence-electron chi connectivity index (χ4n) is 1.51. The maximum absolute atomic E-state index is 7.40. The Kier molecular flexibility index (Phi) is 4.28. The lowest BCUT2D eigenvalue weighted by atomic mass is 10.1. The van der Waals surface area contributed by atoms with E-state index >= 15 is 0 Å². The largest absolute Gasteiger partial charge is 0.387 e. The number of aryl methyl sites for hydroxylation is 1. The molecule has 0 saturated carbocycles. The van der Waals surface area contributed by atoms with Crippen molar-refractivity contribution in [1.82, 2.24) is 4.98 Å².